The molecule has 0 aliphatic rings. The Hall–Kier alpha value is -2.82. The Morgan fingerprint density at radius 1 is 1.17 bits per heavy atom. The summed E-state index contributed by atoms with van der Waals surface area (Å²) in [5.74, 6) is 1.46. The van der Waals surface area contributed by atoms with Crippen LogP contribution in [0.2, 0.25) is 0 Å². The molecule has 0 atom stereocenters. The highest BCUT2D eigenvalue weighted by Crippen LogP contribution is 2.17. The molecule has 0 aliphatic heterocycles. The van der Waals surface area contributed by atoms with E-state index >= 15 is 0 Å². The van der Waals surface area contributed by atoms with Crippen molar-refractivity contribution in [3.8, 4) is 5.75 Å². The van der Waals surface area contributed by atoms with Gasteiger partial charge in [-0.1, -0.05) is 18.2 Å². The molecule has 0 radical (unpaired) electrons. The normalized spacial score (nSPS) is 10.8. The lowest BCUT2D eigenvalue weighted by Crippen LogP contribution is -2.27. The molecule has 0 bridgehead atoms. The smallest absolute Gasteiger partial charge is 0.224 e. The van der Waals surface area contributed by atoms with Gasteiger partial charge in [-0.3, -0.25) is 4.79 Å². The lowest BCUT2D eigenvalue weighted by molar-refractivity contribution is -0.120. The molecule has 0 spiro atoms. The average molecular weight is 324 g/mol. The van der Waals surface area contributed by atoms with E-state index in [9.17, 15) is 4.79 Å². The molecule has 5 heteroatoms. The highest BCUT2D eigenvalue weighted by molar-refractivity contribution is 5.78. The van der Waals surface area contributed by atoms with Crippen LogP contribution in [0.15, 0.2) is 46.9 Å². The van der Waals surface area contributed by atoms with Crippen molar-refractivity contribution in [2.45, 2.75) is 19.8 Å². The maximum absolute atomic E-state index is 12.0. The van der Waals surface area contributed by atoms with E-state index in [0.29, 0.717) is 18.9 Å². The van der Waals surface area contributed by atoms with Gasteiger partial charge in [-0.05, 0) is 41.8 Å². The van der Waals surface area contributed by atoms with Crippen LogP contribution in [0.4, 0.5) is 0 Å². The number of hydrogen-bond acceptors (Lipinski definition) is 4. The predicted molar refractivity (Wildman–Crippen MR) is 92.2 cm³/mol. The molecule has 0 fully saturated rings. The fraction of sp³-hybridized carbons (Fsp3) is 0.263. The van der Waals surface area contributed by atoms with Crippen LogP contribution in [0.25, 0.3) is 11.1 Å². The molecular weight excluding hydrogens is 304 g/mol. The number of fused-ring (bicyclic) bond motifs is 1. The minimum absolute atomic E-state index is 0.0125. The number of aromatic nitrogens is 1. The van der Waals surface area contributed by atoms with Crippen molar-refractivity contribution >= 4 is 17.0 Å². The summed E-state index contributed by atoms with van der Waals surface area (Å²) in [7, 11) is 1.62. The van der Waals surface area contributed by atoms with Crippen molar-refractivity contribution < 1.29 is 13.9 Å². The molecule has 1 amide bonds. The minimum Gasteiger partial charge on any atom is -0.497 e. The zero-order chi connectivity index (χ0) is 16.9. The van der Waals surface area contributed by atoms with Crippen LogP contribution in [-0.4, -0.2) is 24.5 Å². The van der Waals surface area contributed by atoms with Gasteiger partial charge in [0.05, 0.1) is 13.5 Å². The van der Waals surface area contributed by atoms with Gasteiger partial charge in [0, 0.05) is 13.5 Å². The summed E-state index contributed by atoms with van der Waals surface area (Å²) >= 11 is 0. The number of benzene rings is 2. The number of aryl methyl sites for hydroxylation is 1. The number of hydrogen-bond donors (Lipinski definition) is 1. The van der Waals surface area contributed by atoms with Crippen molar-refractivity contribution in [2.75, 3.05) is 13.7 Å². The quantitative estimate of drug-likeness (QED) is 0.757. The van der Waals surface area contributed by atoms with Gasteiger partial charge in [0.15, 0.2) is 11.5 Å². The van der Waals surface area contributed by atoms with Crippen LogP contribution >= 0.6 is 0 Å². The Kier molecular flexibility index (Phi) is 4.79. The summed E-state index contributed by atoms with van der Waals surface area (Å²) in [5, 5.41) is 2.95. The summed E-state index contributed by atoms with van der Waals surface area (Å²) in [5.41, 5.74) is 3.74. The van der Waals surface area contributed by atoms with E-state index < -0.39 is 0 Å². The standard InChI is InChI=1S/C19H20N2O3/c1-13-21-17-11-15(5-8-18(17)24-13)9-10-20-19(22)12-14-3-6-16(23-2)7-4-14/h3-8,11H,9-10,12H2,1-2H3,(H,20,22). The summed E-state index contributed by atoms with van der Waals surface area (Å²) in [4.78, 5) is 16.3. The maximum Gasteiger partial charge on any atom is 0.224 e. The Morgan fingerprint density at radius 2 is 1.92 bits per heavy atom. The average Bonchev–Trinajstić information content (AvgIpc) is 2.95. The van der Waals surface area contributed by atoms with E-state index in [-0.39, 0.29) is 5.91 Å². The first kappa shape index (κ1) is 16.1. The predicted octanol–water partition coefficient (Wildman–Crippen LogP) is 3.05. The highest BCUT2D eigenvalue weighted by Gasteiger charge is 2.05. The number of methoxy groups -OCH3 is 1. The fourth-order valence-corrected chi connectivity index (χ4v) is 2.58. The zero-order valence-corrected chi connectivity index (χ0v) is 13.8. The molecule has 5 nitrogen and oxygen atoms in total. The molecule has 24 heavy (non-hydrogen) atoms. The number of amides is 1. The van der Waals surface area contributed by atoms with Crippen molar-refractivity contribution in [3.63, 3.8) is 0 Å². The van der Waals surface area contributed by atoms with Gasteiger partial charge in [0.25, 0.3) is 0 Å². The van der Waals surface area contributed by atoms with E-state index in [0.717, 1.165) is 34.4 Å². The van der Waals surface area contributed by atoms with E-state index in [4.69, 9.17) is 9.15 Å². The van der Waals surface area contributed by atoms with Crippen LogP contribution in [-0.2, 0) is 17.6 Å². The number of rotatable bonds is 6. The molecule has 3 aromatic rings. The Balaban J connectivity index is 1.50. The van der Waals surface area contributed by atoms with E-state index in [1.54, 1.807) is 7.11 Å². The third kappa shape index (κ3) is 3.93. The van der Waals surface area contributed by atoms with Gasteiger partial charge in [-0.2, -0.15) is 0 Å². The Labute approximate surface area is 140 Å². The van der Waals surface area contributed by atoms with Crippen molar-refractivity contribution in [1.29, 1.82) is 0 Å². The SMILES string of the molecule is COc1ccc(CC(=O)NCCc2ccc3oc(C)nc3c2)cc1. The number of ether oxygens (including phenoxy) is 1. The van der Waals surface area contributed by atoms with Gasteiger partial charge < -0.3 is 14.5 Å². The fourth-order valence-electron chi connectivity index (χ4n) is 2.58. The lowest BCUT2D eigenvalue weighted by Gasteiger charge is -2.06. The second-order valence-electron chi connectivity index (χ2n) is 5.66. The van der Waals surface area contributed by atoms with Gasteiger partial charge in [0.1, 0.15) is 11.3 Å². The monoisotopic (exact) mass is 324 g/mol. The molecule has 1 N–H and O–H groups in total. The molecule has 0 aliphatic carbocycles. The largest absolute Gasteiger partial charge is 0.497 e. The van der Waals surface area contributed by atoms with Gasteiger partial charge in [-0.25, -0.2) is 4.98 Å². The molecular formula is C19H20N2O3. The zero-order valence-electron chi connectivity index (χ0n) is 13.8. The summed E-state index contributed by atoms with van der Waals surface area (Å²) < 4.78 is 10.6. The van der Waals surface area contributed by atoms with E-state index in [1.807, 2.05) is 49.4 Å². The first-order valence-electron chi connectivity index (χ1n) is 7.90. The summed E-state index contributed by atoms with van der Waals surface area (Å²) in [6.07, 6.45) is 1.13. The number of nitrogens with one attached hydrogen (secondary N) is 1. The molecule has 0 saturated heterocycles. The van der Waals surface area contributed by atoms with Crippen molar-refractivity contribution in [3.05, 3.63) is 59.5 Å². The number of carbonyl (C=O) groups is 1. The topological polar surface area (TPSA) is 64.4 Å². The molecule has 1 heterocycles. The second-order valence-corrected chi connectivity index (χ2v) is 5.66. The van der Waals surface area contributed by atoms with Gasteiger partial charge >= 0.3 is 0 Å². The van der Waals surface area contributed by atoms with Crippen LogP contribution in [0, 0.1) is 6.92 Å². The first-order chi connectivity index (χ1) is 11.6. The summed E-state index contributed by atoms with van der Waals surface area (Å²) in [6, 6.07) is 13.4. The molecule has 2 aromatic carbocycles. The number of carbonyl (C=O) groups excluding carboxylic acids is 1. The van der Waals surface area contributed by atoms with Gasteiger partial charge in [-0.15, -0.1) is 0 Å². The number of nitrogens with zero attached hydrogens (tertiary/aromatic N) is 1. The third-order valence-electron chi connectivity index (χ3n) is 3.82. The van der Waals surface area contributed by atoms with Crippen LogP contribution in [0.3, 0.4) is 0 Å². The Bertz CT molecular complexity index is 837. The van der Waals surface area contributed by atoms with Gasteiger partial charge in [0.2, 0.25) is 5.91 Å². The van der Waals surface area contributed by atoms with E-state index in [1.165, 1.54) is 0 Å². The molecule has 124 valence electrons. The van der Waals surface area contributed by atoms with Crippen LogP contribution < -0.4 is 10.1 Å². The Morgan fingerprint density at radius 3 is 2.67 bits per heavy atom. The van der Waals surface area contributed by atoms with Crippen LogP contribution in [0.1, 0.15) is 17.0 Å². The maximum atomic E-state index is 12.0. The molecule has 1 aromatic heterocycles. The number of oxazole rings is 1. The van der Waals surface area contributed by atoms with Crippen molar-refractivity contribution in [2.24, 2.45) is 0 Å². The second kappa shape index (κ2) is 7.17. The van der Waals surface area contributed by atoms with E-state index in [2.05, 4.69) is 10.3 Å². The summed E-state index contributed by atoms with van der Waals surface area (Å²) in [6.45, 7) is 2.43. The van der Waals surface area contributed by atoms with Crippen LogP contribution in [0.5, 0.6) is 5.75 Å². The molecule has 0 unspecified atom stereocenters. The molecule has 0 saturated carbocycles. The minimum atomic E-state index is 0.0125. The highest BCUT2D eigenvalue weighted by atomic mass is 16.5. The van der Waals surface area contributed by atoms with Crippen molar-refractivity contribution in [1.82, 2.24) is 10.3 Å². The third-order valence-corrected chi connectivity index (χ3v) is 3.82. The first-order valence-corrected chi connectivity index (χ1v) is 7.90. The molecule has 3 rings (SSSR count). The lowest BCUT2D eigenvalue weighted by atomic mass is 10.1.